The smallest absolute Gasteiger partial charge is 0.317 e. The molecule has 1 fully saturated rings. The fraction of sp³-hybridized carbons (Fsp3) is 0.500. The maximum Gasteiger partial charge on any atom is 0.317 e. The molecule has 2 amide bonds. The number of nitrogens with zero attached hydrogens (tertiary/aromatic N) is 1. The van der Waals surface area contributed by atoms with Gasteiger partial charge in [0.15, 0.2) is 0 Å². The van der Waals surface area contributed by atoms with Crippen molar-refractivity contribution in [3.05, 3.63) is 29.3 Å². The minimum atomic E-state index is -0.862. The quantitative estimate of drug-likeness (QED) is 0.778. The molecule has 0 spiro atoms. The molecule has 3 N–H and O–H groups in total. The first-order valence-corrected chi connectivity index (χ1v) is 7.50. The van der Waals surface area contributed by atoms with Crippen LogP contribution in [0.25, 0.3) is 0 Å². The van der Waals surface area contributed by atoms with Crippen molar-refractivity contribution in [1.82, 2.24) is 10.2 Å². The van der Waals surface area contributed by atoms with Crippen LogP contribution in [0.5, 0.6) is 5.75 Å². The molecule has 22 heavy (non-hydrogen) atoms. The molecule has 2 aliphatic rings. The molecule has 118 valence electrons. The lowest BCUT2D eigenvalue weighted by atomic mass is 9.90. The van der Waals surface area contributed by atoms with E-state index in [0.29, 0.717) is 13.0 Å². The average molecular weight is 304 g/mol. The topological polar surface area (TPSA) is 89.9 Å². The number of rotatable bonds is 2. The molecule has 6 heteroatoms. The Labute approximate surface area is 128 Å². The van der Waals surface area contributed by atoms with Crippen molar-refractivity contribution in [2.75, 3.05) is 13.1 Å². The number of aromatic hydroxyl groups is 1. The lowest BCUT2D eigenvalue weighted by Crippen LogP contribution is -2.42. The molecule has 1 saturated heterocycles. The molecule has 1 aliphatic heterocycles. The SMILES string of the molecule is CC1(C(=O)O)CCN(C(=O)NC2CCc3c(O)cccc32)C1. The molecule has 0 saturated carbocycles. The van der Waals surface area contributed by atoms with Gasteiger partial charge in [0, 0.05) is 13.1 Å². The number of hydrogen-bond donors (Lipinski definition) is 3. The number of carbonyl (C=O) groups excluding carboxylic acids is 1. The van der Waals surface area contributed by atoms with E-state index in [1.165, 1.54) is 0 Å². The lowest BCUT2D eigenvalue weighted by Gasteiger charge is -2.23. The Bertz CT molecular complexity index is 631. The molecule has 0 radical (unpaired) electrons. The maximum absolute atomic E-state index is 12.4. The largest absolute Gasteiger partial charge is 0.508 e. The van der Waals surface area contributed by atoms with Gasteiger partial charge in [0.1, 0.15) is 5.75 Å². The molecule has 1 aliphatic carbocycles. The van der Waals surface area contributed by atoms with Gasteiger partial charge in [0.25, 0.3) is 0 Å². The monoisotopic (exact) mass is 304 g/mol. The Hall–Kier alpha value is -2.24. The van der Waals surface area contributed by atoms with Gasteiger partial charge in [-0.15, -0.1) is 0 Å². The predicted molar refractivity (Wildman–Crippen MR) is 79.6 cm³/mol. The van der Waals surface area contributed by atoms with E-state index < -0.39 is 11.4 Å². The molecule has 2 atom stereocenters. The van der Waals surface area contributed by atoms with Crippen molar-refractivity contribution in [1.29, 1.82) is 0 Å². The highest BCUT2D eigenvalue weighted by Crippen LogP contribution is 2.37. The summed E-state index contributed by atoms with van der Waals surface area (Å²) in [6.45, 7) is 2.35. The second kappa shape index (κ2) is 5.19. The first-order valence-electron chi connectivity index (χ1n) is 7.50. The van der Waals surface area contributed by atoms with Crippen molar-refractivity contribution in [3.63, 3.8) is 0 Å². The number of amides is 2. The van der Waals surface area contributed by atoms with Crippen LogP contribution >= 0.6 is 0 Å². The average Bonchev–Trinajstić information content (AvgIpc) is 3.05. The third-order valence-corrected chi connectivity index (χ3v) is 4.82. The molecule has 1 aromatic carbocycles. The highest BCUT2D eigenvalue weighted by atomic mass is 16.4. The van der Waals surface area contributed by atoms with Gasteiger partial charge in [0.05, 0.1) is 11.5 Å². The number of hydrogen-bond acceptors (Lipinski definition) is 3. The van der Waals surface area contributed by atoms with Gasteiger partial charge in [-0.25, -0.2) is 4.79 Å². The first-order chi connectivity index (χ1) is 10.4. The fourth-order valence-electron chi connectivity index (χ4n) is 3.33. The zero-order chi connectivity index (χ0) is 15.9. The Morgan fingerprint density at radius 1 is 1.41 bits per heavy atom. The number of carboxylic acids is 1. The Morgan fingerprint density at radius 2 is 2.18 bits per heavy atom. The zero-order valence-electron chi connectivity index (χ0n) is 12.5. The summed E-state index contributed by atoms with van der Waals surface area (Å²) in [5, 5.41) is 22.0. The van der Waals surface area contributed by atoms with Crippen LogP contribution in [0.1, 0.15) is 36.9 Å². The minimum Gasteiger partial charge on any atom is -0.508 e. The number of carbonyl (C=O) groups is 2. The van der Waals surface area contributed by atoms with Gasteiger partial charge in [-0.2, -0.15) is 0 Å². The highest BCUT2D eigenvalue weighted by Gasteiger charge is 2.42. The van der Waals surface area contributed by atoms with Crippen LogP contribution in [0.2, 0.25) is 0 Å². The predicted octanol–water partition coefficient (Wildman–Crippen LogP) is 1.89. The summed E-state index contributed by atoms with van der Waals surface area (Å²) in [6, 6.07) is 4.99. The van der Waals surface area contributed by atoms with Crippen LogP contribution in [-0.4, -0.2) is 40.2 Å². The van der Waals surface area contributed by atoms with E-state index in [4.69, 9.17) is 0 Å². The van der Waals surface area contributed by atoms with Gasteiger partial charge >= 0.3 is 12.0 Å². The number of phenolic OH excluding ortho intramolecular Hbond substituents is 1. The van der Waals surface area contributed by atoms with Gasteiger partial charge < -0.3 is 20.4 Å². The second-order valence-electron chi connectivity index (χ2n) is 6.42. The summed E-state index contributed by atoms with van der Waals surface area (Å²) in [5.74, 6) is -0.590. The number of carboxylic acid groups (broad SMARTS) is 1. The second-order valence-corrected chi connectivity index (χ2v) is 6.42. The summed E-state index contributed by atoms with van der Waals surface area (Å²) in [5.41, 5.74) is 0.988. The molecule has 1 aromatic rings. The molecule has 3 rings (SSSR count). The number of likely N-dealkylation sites (tertiary alicyclic amines) is 1. The third kappa shape index (κ3) is 2.38. The van der Waals surface area contributed by atoms with Crippen molar-refractivity contribution >= 4 is 12.0 Å². The molecule has 6 nitrogen and oxygen atoms in total. The third-order valence-electron chi connectivity index (χ3n) is 4.82. The first kappa shape index (κ1) is 14.7. The molecule has 2 unspecified atom stereocenters. The van der Waals surface area contributed by atoms with Crippen LogP contribution in [0.15, 0.2) is 18.2 Å². The van der Waals surface area contributed by atoms with Gasteiger partial charge in [0.2, 0.25) is 0 Å². The summed E-state index contributed by atoms with van der Waals surface area (Å²) in [7, 11) is 0. The van der Waals surface area contributed by atoms with Gasteiger partial charge in [-0.05, 0) is 43.4 Å². The normalized spacial score (nSPS) is 26.8. The van der Waals surface area contributed by atoms with E-state index >= 15 is 0 Å². The molecular weight excluding hydrogens is 284 g/mol. The van der Waals surface area contributed by atoms with Crippen molar-refractivity contribution in [3.8, 4) is 5.75 Å². The maximum atomic E-state index is 12.4. The molecule has 0 aromatic heterocycles. The summed E-state index contributed by atoms with van der Waals surface area (Å²) in [6.07, 6.45) is 1.96. The number of benzene rings is 1. The van der Waals surface area contributed by atoms with Gasteiger partial charge in [-0.3, -0.25) is 4.79 Å². The molecule has 1 heterocycles. The molecular formula is C16H20N2O4. The summed E-state index contributed by atoms with van der Waals surface area (Å²) in [4.78, 5) is 25.2. The lowest BCUT2D eigenvalue weighted by molar-refractivity contribution is -0.147. The Balaban J connectivity index is 1.68. The van der Waals surface area contributed by atoms with Crippen molar-refractivity contribution < 1.29 is 19.8 Å². The van der Waals surface area contributed by atoms with Crippen LogP contribution in [0, 0.1) is 5.41 Å². The fourth-order valence-corrected chi connectivity index (χ4v) is 3.33. The number of phenols is 1. The summed E-state index contributed by atoms with van der Waals surface area (Å²) >= 11 is 0. The van der Waals surface area contributed by atoms with Crippen LogP contribution in [0.4, 0.5) is 4.79 Å². The Morgan fingerprint density at radius 3 is 2.86 bits per heavy atom. The van der Waals surface area contributed by atoms with E-state index in [-0.39, 0.29) is 24.4 Å². The minimum absolute atomic E-state index is 0.119. The van der Waals surface area contributed by atoms with Crippen molar-refractivity contribution in [2.45, 2.75) is 32.2 Å². The van der Waals surface area contributed by atoms with E-state index in [2.05, 4.69) is 5.32 Å². The van der Waals surface area contributed by atoms with Crippen molar-refractivity contribution in [2.24, 2.45) is 5.41 Å². The van der Waals surface area contributed by atoms with Crippen LogP contribution < -0.4 is 5.32 Å². The van der Waals surface area contributed by atoms with Gasteiger partial charge in [-0.1, -0.05) is 12.1 Å². The van der Waals surface area contributed by atoms with E-state index in [0.717, 1.165) is 24.0 Å². The van der Waals surface area contributed by atoms with E-state index in [9.17, 15) is 19.8 Å². The standard InChI is InChI=1S/C16H20N2O4/c1-16(14(20)21)7-8-18(9-16)15(22)17-12-6-5-11-10(12)3-2-4-13(11)19/h2-4,12,19H,5-9H2,1H3,(H,17,22)(H,20,21). The highest BCUT2D eigenvalue weighted by molar-refractivity contribution is 5.79. The number of aliphatic carboxylic acids is 1. The van der Waals surface area contributed by atoms with E-state index in [1.54, 1.807) is 24.0 Å². The van der Waals surface area contributed by atoms with Crippen LogP contribution in [0.3, 0.4) is 0 Å². The molecule has 0 bridgehead atoms. The number of urea groups is 1. The Kier molecular flexibility index (Phi) is 3.47. The number of nitrogens with one attached hydrogen (secondary N) is 1. The van der Waals surface area contributed by atoms with Crippen LogP contribution in [-0.2, 0) is 11.2 Å². The van der Waals surface area contributed by atoms with E-state index in [1.807, 2.05) is 6.07 Å². The summed E-state index contributed by atoms with van der Waals surface area (Å²) < 4.78 is 0. The zero-order valence-corrected chi connectivity index (χ0v) is 12.5. The number of fused-ring (bicyclic) bond motifs is 1.